The van der Waals surface area contributed by atoms with Crippen molar-refractivity contribution in [2.24, 2.45) is 5.92 Å². The maximum absolute atomic E-state index is 13.0. The highest BCUT2D eigenvalue weighted by atomic mass is 16.5. The Hall–Kier alpha value is -2.96. The smallest absolute Gasteiger partial charge is 0.257 e. The van der Waals surface area contributed by atoms with Crippen LogP contribution >= 0.6 is 0 Å². The summed E-state index contributed by atoms with van der Waals surface area (Å²) in [6.07, 6.45) is 4.63. The fraction of sp³-hybridized carbons (Fsp3) is 0.429. The molecule has 1 aromatic heterocycles. The molecule has 28 heavy (non-hydrogen) atoms. The molecule has 148 valence electrons. The van der Waals surface area contributed by atoms with E-state index in [-0.39, 0.29) is 23.7 Å². The average molecular weight is 382 g/mol. The predicted octanol–water partition coefficient (Wildman–Crippen LogP) is 3.04. The number of piperidine rings is 1. The number of ether oxygens (including phenoxy) is 1. The van der Waals surface area contributed by atoms with E-state index < -0.39 is 0 Å². The molecule has 0 aliphatic carbocycles. The predicted molar refractivity (Wildman–Crippen MR) is 107 cm³/mol. The van der Waals surface area contributed by atoms with Crippen LogP contribution in [0.1, 0.15) is 47.4 Å². The number of nitrogens with one attached hydrogen (secondary N) is 1. The number of benzene rings is 1. The highest BCUT2D eigenvalue weighted by molar-refractivity contribution is 5.99. The van der Waals surface area contributed by atoms with Gasteiger partial charge in [0.1, 0.15) is 5.75 Å². The van der Waals surface area contributed by atoms with Crippen molar-refractivity contribution in [3.05, 3.63) is 47.8 Å². The summed E-state index contributed by atoms with van der Waals surface area (Å²) in [6, 6.07) is 7.27. The molecule has 7 heteroatoms. The average Bonchev–Trinajstić information content (AvgIpc) is 2.72. The number of nitrogens with zero attached hydrogens (tertiary/aromatic N) is 3. The zero-order valence-electron chi connectivity index (χ0n) is 16.5. The monoisotopic (exact) mass is 382 g/mol. The Morgan fingerprint density at radius 3 is 2.64 bits per heavy atom. The van der Waals surface area contributed by atoms with Gasteiger partial charge in [-0.05, 0) is 38.8 Å². The Morgan fingerprint density at radius 1 is 1.21 bits per heavy atom. The molecule has 0 radical (unpaired) electrons. The van der Waals surface area contributed by atoms with Crippen LogP contribution in [-0.2, 0) is 0 Å². The molecule has 0 unspecified atom stereocenters. The van der Waals surface area contributed by atoms with Gasteiger partial charge in [-0.3, -0.25) is 9.59 Å². The van der Waals surface area contributed by atoms with E-state index >= 15 is 0 Å². The van der Waals surface area contributed by atoms with Gasteiger partial charge in [0, 0.05) is 44.0 Å². The summed E-state index contributed by atoms with van der Waals surface area (Å²) >= 11 is 0. The summed E-state index contributed by atoms with van der Waals surface area (Å²) in [6.45, 7) is 4.94. The van der Waals surface area contributed by atoms with Gasteiger partial charge in [0.05, 0.1) is 11.7 Å². The fourth-order valence-corrected chi connectivity index (χ4v) is 3.36. The van der Waals surface area contributed by atoms with Crippen LogP contribution in [0.3, 0.4) is 0 Å². The first kappa shape index (κ1) is 19.8. The van der Waals surface area contributed by atoms with E-state index in [0.29, 0.717) is 35.9 Å². The quantitative estimate of drug-likeness (QED) is 0.773. The molecule has 0 spiro atoms. The van der Waals surface area contributed by atoms with E-state index in [4.69, 9.17) is 4.74 Å². The van der Waals surface area contributed by atoms with Gasteiger partial charge >= 0.3 is 0 Å². The molecule has 0 saturated carbocycles. The van der Waals surface area contributed by atoms with Gasteiger partial charge in [-0.2, -0.15) is 0 Å². The van der Waals surface area contributed by atoms with Crippen LogP contribution in [0.25, 0.3) is 0 Å². The van der Waals surface area contributed by atoms with E-state index in [0.717, 1.165) is 12.8 Å². The van der Waals surface area contributed by atoms with Crippen molar-refractivity contribution in [3.8, 4) is 5.75 Å². The van der Waals surface area contributed by atoms with Crippen molar-refractivity contribution < 1.29 is 14.3 Å². The van der Waals surface area contributed by atoms with Gasteiger partial charge < -0.3 is 15.0 Å². The molecule has 1 N–H and O–H groups in total. The Labute approximate surface area is 165 Å². The second-order valence-corrected chi connectivity index (χ2v) is 7.19. The van der Waals surface area contributed by atoms with Gasteiger partial charge in [-0.15, -0.1) is 0 Å². The van der Waals surface area contributed by atoms with Gasteiger partial charge in [0.25, 0.3) is 5.91 Å². The van der Waals surface area contributed by atoms with Crippen molar-refractivity contribution in [1.82, 2.24) is 14.9 Å². The third-order valence-electron chi connectivity index (χ3n) is 4.69. The second kappa shape index (κ2) is 8.82. The molecule has 1 aliphatic heterocycles. The molecular weight excluding hydrogens is 356 g/mol. The van der Waals surface area contributed by atoms with Crippen molar-refractivity contribution in [2.75, 3.05) is 25.5 Å². The number of anilines is 1. The Bertz CT molecular complexity index is 836. The number of Topliss-reactive ketones (excluding diaryl/α,β-unsaturated/α-hetero) is 1. The van der Waals surface area contributed by atoms with Crippen LogP contribution in [0.5, 0.6) is 5.75 Å². The minimum Gasteiger partial charge on any atom is -0.491 e. The molecular formula is C21H26N4O3. The molecule has 7 nitrogen and oxygen atoms in total. The molecule has 1 atom stereocenters. The second-order valence-electron chi connectivity index (χ2n) is 7.19. The van der Waals surface area contributed by atoms with Gasteiger partial charge in [0.2, 0.25) is 5.95 Å². The highest BCUT2D eigenvalue weighted by Gasteiger charge is 2.30. The van der Waals surface area contributed by atoms with Gasteiger partial charge in [-0.25, -0.2) is 9.97 Å². The summed E-state index contributed by atoms with van der Waals surface area (Å²) in [5.41, 5.74) is 1.05. The van der Waals surface area contributed by atoms with E-state index in [9.17, 15) is 9.59 Å². The van der Waals surface area contributed by atoms with Crippen LogP contribution in [0.4, 0.5) is 5.95 Å². The number of rotatable bonds is 6. The number of carbonyl (C=O) groups excluding carboxylic acids is 2. The van der Waals surface area contributed by atoms with Gasteiger partial charge in [0.15, 0.2) is 5.78 Å². The molecule has 1 saturated heterocycles. The topological polar surface area (TPSA) is 84.4 Å². The van der Waals surface area contributed by atoms with E-state index in [2.05, 4.69) is 15.3 Å². The Morgan fingerprint density at radius 2 is 1.96 bits per heavy atom. The lowest BCUT2D eigenvalue weighted by molar-refractivity contribution is 0.0636. The summed E-state index contributed by atoms with van der Waals surface area (Å²) < 4.78 is 5.69. The largest absolute Gasteiger partial charge is 0.491 e. The van der Waals surface area contributed by atoms with E-state index in [1.807, 2.05) is 26.0 Å². The molecule has 1 amide bonds. The molecule has 1 fully saturated rings. The normalized spacial score (nSPS) is 16.7. The Balaban J connectivity index is 1.70. The van der Waals surface area contributed by atoms with Crippen LogP contribution < -0.4 is 10.1 Å². The zero-order valence-corrected chi connectivity index (χ0v) is 16.5. The molecule has 2 heterocycles. The maximum atomic E-state index is 13.0. The lowest BCUT2D eigenvalue weighted by Gasteiger charge is -2.32. The minimum atomic E-state index is -0.218. The van der Waals surface area contributed by atoms with Crippen molar-refractivity contribution in [1.29, 1.82) is 0 Å². The number of aromatic nitrogens is 2. The summed E-state index contributed by atoms with van der Waals surface area (Å²) in [4.78, 5) is 35.7. The molecule has 1 aliphatic rings. The van der Waals surface area contributed by atoms with E-state index in [1.54, 1.807) is 24.1 Å². The third-order valence-corrected chi connectivity index (χ3v) is 4.69. The summed E-state index contributed by atoms with van der Waals surface area (Å²) in [5, 5.41) is 2.83. The lowest BCUT2D eigenvalue weighted by atomic mass is 9.89. The van der Waals surface area contributed by atoms with Crippen molar-refractivity contribution >= 4 is 17.6 Å². The first-order valence-electron chi connectivity index (χ1n) is 9.58. The lowest BCUT2D eigenvalue weighted by Crippen LogP contribution is -2.42. The highest BCUT2D eigenvalue weighted by Crippen LogP contribution is 2.24. The fourth-order valence-electron chi connectivity index (χ4n) is 3.36. The van der Waals surface area contributed by atoms with Crippen molar-refractivity contribution in [3.63, 3.8) is 0 Å². The molecule has 2 aromatic rings. The summed E-state index contributed by atoms with van der Waals surface area (Å²) in [5.74, 6) is 0.841. The maximum Gasteiger partial charge on any atom is 0.257 e. The number of hydrogen-bond donors (Lipinski definition) is 1. The minimum absolute atomic E-state index is 0.0460. The van der Waals surface area contributed by atoms with Gasteiger partial charge in [-0.1, -0.05) is 12.1 Å². The standard InChI is InChI=1S/C21H26N4O3/c1-14(2)28-18-8-4-6-15(10-18)19(26)16-7-5-9-25(13-16)20(27)17-11-23-21(22-3)24-12-17/h4,6,8,10-12,14,16H,5,7,9,13H2,1-3H3,(H,22,23,24)/t16-/m0/s1. The van der Waals surface area contributed by atoms with Crippen LogP contribution in [0.15, 0.2) is 36.7 Å². The number of hydrogen-bond acceptors (Lipinski definition) is 6. The number of ketones is 1. The molecule has 1 aromatic carbocycles. The summed E-state index contributed by atoms with van der Waals surface area (Å²) in [7, 11) is 1.72. The molecule has 0 bridgehead atoms. The first-order chi connectivity index (χ1) is 13.5. The van der Waals surface area contributed by atoms with Crippen LogP contribution in [0.2, 0.25) is 0 Å². The molecule has 3 rings (SSSR count). The Kier molecular flexibility index (Phi) is 6.23. The first-order valence-corrected chi connectivity index (χ1v) is 9.58. The third kappa shape index (κ3) is 4.65. The zero-order chi connectivity index (χ0) is 20.1. The van der Waals surface area contributed by atoms with E-state index in [1.165, 1.54) is 12.4 Å². The van der Waals surface area contributed by atoms with Crippen LogP contribution in [-0.4, -0.2) is 52.8 Å². The number of carbonyl (C=O) groups is 2. The SMILES string of the molecule is CNc1ncc(C(=O)N2CCC[C@H](C(=O)c3cccc(OC(C)C)c3)C2)cn1. The number of amides is 1. The number of likely N-dealkylation sites (tertiary alicyclic amines) is 1. The van der Waals surface area contributed by atoms with Crippen LogP contribution in [0, 0.1) is 5.92 Å². The van der Waals surface area contributed by atoms with Crippen molar-refractivity contribution in [2.45, 2.75) is 32.8 Å².